The standard InChI is InChI=1S/C16H22N2O/c1-17-11-14-10-16(14,12-17)13-2-4-15(5-3-13)18-6-8-19-9-7-18/h2-5,14H,6-12H2,1H3/t14?,16-/m1/s1. The SMILES string of the molecule is CN1CC2C[C@]2(c2ccc(N3CCOCC3)cc2)C1. The van der Waals surface area contributed by atoms with Gasteiger partial charge in [-0.05, 0) is 37.1 Å². The molecular formula is C16H22N2O. The van der Waals surface area contributed by atoms with E-state index in [9.17, 15) is 0 Å². The molecule has 3 aliphatic rings. The van der Waals surface area contributed by atoms with Crippen LogP contribution in [0.3, 0.4) is 0 Å². The Morgan fingerprint density at radius 1 is 1.16 bits per heavy atom. The van der Waals surface area contributed by atoms with Gasteiger partial charge in [-0.25, -0.2) is 0 Å². The normalized spacial score (nSPS) is 34.4. The van der Waals surface area contributed by atoms with Crippen LogP contribution in [0.15, 0.2) is 24.3 Å². The third-order valence-electron chi connectivity index (χ3n) is 5.13. The van der Waals surface area contributed by atoms with Crippen molar-refractivity contribution in [2.75, 3.05) is 51.3 Å². The summed E-state index contributed by atoms with van der Waals surface area (Å²) in [5, 5.41) is 0. The Balaban J connectivity index is 1.53. The van der Waals surface area contributed by atoms with Gasteiger partial charge in [-0.3, -0.25) is 0 Å². The average Bonchev–Trinajstić information content (AvgIpc) is 3.03. The van der Waals surface area contributed by atoms with Crippen molar-refractivity contribution >= 4 is 5.69 Å². The van der Waals surface area contributed by atoms with E-state index >= 15 is 0 Å². The van der Waals surface area contributed by atoms with Crippen molar-refractivity contribution in [3.63, 3.8) is 0 Å². The van der Waals surface area contributed by atoms with Gasteiger partial charge in [-0.2, -0.15) is 0 Å². The van der Waals surface area contributed by atoms with Crippen molar-refractivity contribution in [1.29, 1.82) is 0 Å². The summed E-state index contributed by atoms with van der Waals surface area (Å²) in [6.07, 6.45) is 1.40. The summed E-state index contributed by atoms with van der Waals surface area (Å²) in [5.74, 6) is 0.909. The van der Waals surface area contributed by atoms with Crippen molar-refractivity contribution in [3.05, 3.63) is 29.8 Å². The number of benzene rings is 1. The van der Waals surface area contributed by atoms with E-state index in [2.05, 4.69) is 41.1 Å². The van der Waals surface area contributed by atoms with E-state index in [4.69, 9.17) is 4.74 Å². The second-order valence-corrected chi connectivity index (χ2v) is 6.40. The van der Waals surface area contributed by atoms with Crippen LogP contribution in [0, 0.1) is 5.92 Å². The zero-order valence-corrected chi connectivity index (χ0v) is 11.6. The van der Waals surface area contributed by atoms with Gasteiger partial charge in [0.15, 0.2) is 0 Å². The summed E-state index contributed by atoms with van der Waals surface area (Å²) >= 11 is 0. The van der Waals surface area contributed by atoms with E-state index in [1.807, 2.05) is 0 Å². The molecule has 19 heavy (non-hydrogen) atoms. The molecule has 2 heterocycles. The number of piperidine rings is 1. The highest BCUT2D eigenvalue weighted by molar-refractivity contribution is 5.50. The molecule has 0 amide bonds. The minimum absolute atomic E-state index is 0.498. The number of morpholine rings is 1. The number of likely N-dealkylation sites (tertiary alicyclic amines) is 1. The Bertz CT molecular complexity index is 466. The number of rotatable bonds is 2. The van der Waals surface area contributed by atoms with Crippen LogP contribution in [-0.4, -0.2) is 51.3 Å². The lowest BCUT2D eigenvalue weighted by molar-refractivity contribution is 0.122. The largest absolute Gasteiger partial charge is 0.378 e. The molecule has 4 rings (SSSR count). The molecular weight excluding hydrogens is 236 g/mol. The Hall–Kier alpha value is -1.06. The fraction of sp³-hybridized carbons (Fsp3) is 0.625. The Morgan fingerprint density at radius 3 is 2.53 bits per heavy atom. The highest BCUT2D eigenvalue weighted by Gasteiger charge is 2.59. The Kier molecular flexibility index (Phi) is 2.61. The molecule has 0 bridgehead atoms. The number of anilines is 1. The van der Waals surface area contributed by atoms with Gasteiger partial charge in [0.2, 0.25) is 0 Å². The van der Waals surface area contributed by atoms with E-state index in [0.717, 1.165) is 32.2 Å². The first-order valence-corrected chi connectivity index (χ1v) is 7.40. The molecule has 3 heteroatoms. The van der Waals surface area contributed by atoms with Crippen molar-refractivity contribution in [2.45, 2.75) is 11.8 Å². The molecule has 2 saturated heterocycles. The lowest BCUT2D eigenvalue weighted by atomic mass is 9.95. The number of hydrogen-bond acceptors (Lipinski definition) is 3. The topological polar surface area (TPSA) is 15.7 Å². The molecule has 1 unspecified atom stereocenters. The van der Waals surface area contributed by atoms with Gasteiger partial charge in [-0.15, -0.1) is 0 Å². The van der Waals surface area contributed by atoms with Crippen LogP contribution in [0.25, 0.3) is 0 Å². The van der Waals surface area contributed by atoms with Gasteiger partial charge < -0.3 is 14.5 Å². The second kappa shape index (κ2) is 4.22. The van der Waals surface area contributed by atoms with Crippen molar-refractivity contribution in [2.24, 2.45) is 5.92 Å². The quantitative estimate of drug-likeness (QED) is 0.803. The Morgan fingerprint density at radius 2 is 1.89 bits per heavy atom. The summed E-state index contributed by atoms with van der Waals surface area (Å²) in [7, 11) is 2.25. The summed E-state index contributed by atoms with van der Waals surface area (Å²) in [4.78, 5) is 4.90. The molecule has 1 saturated carbocycles. The molecule has 102 valence electrons. The third-order valence-corrected chi connectivity index (χ3v) is 5.13. The first kappa shape index (κ1) is 11.7. The number of fused-ring (bicyclic) bond motifs is 1. The van der Waals surface area contributed by atoms with Crippen LogP contribution in [0.4, 0.5) is 5.69 Å². The van der Waals surface area contributed by atoms with Crippen molar-refractivity contribution in [1.82, 2.24) is 4.90 Å². The van der Waals surface area contributed by atoms with Crippen molar-refractivity contribution in [3.8, 4) is 0 Å². The lowest BCUT2D eigenvalue weighted by Crippen LogP contribution is -2.36. The monoisotopic (exact) mass is 258 g/mol. The van der Waals surface area contributed by atoms with Crippen molar-refractivity contribution < 1.29 is 4.74 Å². The number of ether oxygens (including phenoxy) is 1. The molecule has 0 N–H and O–H groups in total. The van der Waals surface area contributed by atoms with E-state index in [1.165, 1.54) is 25.2 Å². The highest BCUT2D eigenvalue weighted by Crippen LogP contribution is 2.58. The summed E-state index contributed by atoms with van der Waals surface area (Å²) < 4.78 is 5.41. The molecule has 0 radical (unpaired) electrons. The smallest absolute Gasteiger partial charge is 0.0642 e. The first-order chi connectivity index (χ1) is 9.28. The zero-order valence-electron chi connectivity index (χ0n) is 11.6. The molecule has 0 aromatic heterocycles. The number of likely N-dealkylation sites (N-methyl/N-ethyl adjacent to an activating group) is 1. The molecule has 1 aliphatic carbocycles. The van der Waals surface area contributed by atoms with Gasteiger partial charge in [0, 0.05) is 37.3 Å². The molecule has 3 nitrogen and oxygen atoms in total. The molecule has 2 atom stereocenters. The molecule has 1 aromatic rings. The Labute approximate surface area is 115 Å². The number of hydrogen-bond donors (Lipinski definition) is 0. The van der Waals surface area contributed by atoms with Gasteiger partial charge in [0.05, 0.1) is 13.2 Å². The van der Waals surface area contributed by atoms with E-state index < -0.39 is 0 Å². The van der Waals surface area contributed by atoms with Crippen LogP contribution >= 0.6 is 0 Å². The molecule has 0 spiro atoms. The van der Waals surface area contributed by atoms with E-state index in [1.54, 1.807) is 5.56 Å². The van der Waals surface area contributed by atoms with Gasteiger partial charge in [-0.1, -0.05) is 12.1 Å². The second-order valence-electron chi connectivity index (χ2n) is 6.40. The van der Waals surface area contributed by atoms with Gasteiger partial charge in [0.25, 0.3) is 0 Å². The summed E-state index contributed by atoms with van der Waals surface area (Å²) in [5.41, 5.74) is 3.41. The van der Waals surface area contributed by atoms with Gasteiger partial charge in [0.1, 0.15) is 0 Å². The summed E-state index contributed by atoms with van der Waals surface area (Å²) in [6, 6.07) is 9.35. The predicted octanol–water partition coefficient (Wildman–Crippen LogP) is 1.73. The maximum absolute atomic E-state index is 5.41. The van der Waals surface area contributed by atoms with E-state index in [0.29, 0.717) is 5.41 Å². The fourth-order valence-electron chi connectivity index (χ4n) is 4.01. The number of nitrogens with zero attached hydrogens (tertiary/aromatic N) is 2. The zero-order chi connectivity index (χ0) is 12.9. The minimum atomic E-state index is 0.498. The maximum Gasteiger partial charge on any atom is 0.0642 e. The van der Waals surface area contributed by atoms with Crippen LogP contribution in [-0.2, 0) is 10.2 Å². The van der Waals surface area contributed by atoms with Crippen LogP contribution in [0.2, 0.25) is 0 Å². The highest BCUT2D eigenvalue weighted by atomic mass is 16.5. The first-order valence-electron chi connectivity index (χ1n) is 7.40. The molecule has 2 aliphatic heterocycles. The van der Waals surface area contributed by atoms with Crippen LogP contribution < -0.4 is 4.90 Å². The maximum atomic E-state index is 5.41. The summed E-state index contributed by atoms with van der Waals surface area (Å²) in [6.45, 7) is 6.29. The third kappa shape index (κ3) is 1.87. The van der Waals surface area contributed by atoms with Crippen LogP contribution in [0.1, 0.15) is 12.0 Å². The average molecular weight is 258 g/mol. The predicted molar refractivity (Wildman–Crippen MR) is 76.8 cm³/mol. The fourth-order valence-corrected chi connectivity index (χ4v) is 4.01. The van der Waals surface area contributed by atoms with Gasteiger partial charge >= 0.3 is 0 Å². The minimum Gasteiger partial charge on any atom is -0.378 e. The van der Waals surface area contributed by atoms with E-state index in [-0.39, 0.29) is 0 Å². The van der Waals surface area contributed by atoms with Crippen LogP contribution in [0.5, 0.6) is 0 Å². The molecule has 3 fully saturated rings. The lowest BCUT2D eigenvalue weighted by Gasteiger charge is -2.29. The molecule has 1 aromatic carbocycles.